The predicted molar refractivity (Wildman–Crippen MR) is 113 cm³/mol. The molecule has 2 aliphatic rings. The van der Waals surface area contributed by atoms with Crippen LogP contribution in [0, 0.1) is 6.92 Å². The molecule has 28 heavy (non-hydrogen) atoms. The first-order valence-corrected chi connectivity index (χ1v) is 11.2. The average molecular weight is 402 g/mol. The van der Waals surface area contributed by atoms with Gasteiger partial charge in [-0.1, -0.05) is 18.9 Å². The van der Waals surface area contributed by atoms with E-state index in [4.69, 9.17) is 4.99 Å². The van der Waals surface area contributed by atoms with Gasteiger partial charge in [0.25, 0.3) is 0 Å². The second-order valence-electron chi connectivity index (χ2n) is 7.88. The van der Waals surface area contributed by atoms with Gasteiger partial charge in [-0.2, -0.15) is 0 Å². The highest BCUT2D eigenvalue weighted by Crippen LogP contribution is 2.26. The van der Waals surface area contributed by atoms with E-state index in [0.29, 0.717) is 12.6 Å². The van der Waals surface area contributed by atoms with Gasteiger partial charge in [0.1, 0.15) is 12.4 Å². The fraction of sp³-hybridized carbons (Fsp3) is 0.650. The monoisotopic (exact) mass is 401 g/mol. The van der Waals surface area contributed by atoms with E-state index in [-0.39, 0.29) is 0 Å². The zero-order valence-electron chi connectivity index (χ0n) is 16.9. The summed E-state index contributed by atoms with van der Waals surface area (Å²) in [6.07, 6.45) is 6.71. The van der Waals surface area contributed by atoms with E-state index in [1.54, 1.807) is 11.3 Å². The van der Waals surface area contributed by atoms with E-state index in [9.17, 15) is 0 Å². The summed E-state index contributed by atoms with van der Waals surface area (Å²) >= 11 is 1.77. The second-order valence-corrected chi connectivity index (χ2v) is 8.92. The van der Waals surface area contributed by atoms with E-state index in [2.05, 4.69) is 43.2 Å². The number of aryl methyl sites for hydroxylation is 1. The largest absolute Gasteiger partial charge is 0.352 e. The van der Waals surface area contributed by atoms with Gasteiger partial charge in [0.2, 0.25) is 0 Å². The van der Waals surface area contributed by atoms with Crippen molar-refractivity contribution in [3.63, 3.8) is 0 Å². The highest BCUT2D eigenvalue weighted by molar-refractivity contribution is 7.09. The van der Waals surface area contributed by atoms with Crippen LogP contribution in [-0.4, -0.2) is 50.8 Å². The molecule has 2 fully saturated rings. The molecule has 1 unspecified atom stereocenters. The van der Waals surface area contributed by atoms with Crippen molar-refractivity contribution in [2.24, 2.45) is 12.0 Å². The number of likely N-dealkylation sites (tertiary alicyclic amines) is 1. The topological polar surface area (TPSA) is 70.4 Å². The minimum Gasteiger partial charge on any atom is -0.352 e. The smallest absolute Gasteiger partial charge is 0.192 e. The first kappa shape index (κ1) is 19.4. The van der Waals surface area contributed by atoms with Gasteiger partial charge in [0.15, 0.2) is 11.8 Å². The molecule has 0 radical (unpaired) electrons. The lowest BCUT2D eigenvalue weighted by Crippen LogP contribution is -2.45. The lowest BCUT2D eigenvalue weighted by atomic mass is 10.2. The van der Waals surface area contributed by atoms with Crippen LogP contribution in [0.25, 0.3) is 0 Å². The average Bonchev–Trinajstić information content (AvgIpc) is 3.48. The Morgan fingerprint density at radius 3 is 2.86 bits per heavy atom. The Bertz CT molecular complexity index is 777. The fourth-order valence-corrected chi connectivity index (χ4v) is 4.82. The zero-order valence-corrected chi connectivity index (χ0v) is 17.7. The molecule has 0 aromatic carbocycles. The highest BCUT2D eigenvalue weighted by atomic mass is 32.1. The van der Waals surface area contributed by atoms with Crippen LogP contribution in [0.1, 0.15) is 48.6 Å². The van der Waals surface area contributed by atoms with Crippen LogP contribution in [-0.2, 0) is 20.1 Å². The summed E-state index contributed by atoms with van der Waals surface area (Å²) in [6, 6.07) is 5.49. The molecule has 1 aliphatic carbocycles. The molecule has 0 amide bonds. The van der Waals surface area contributed by atoms with E-state index in [1.807, 2.05) is 18.5 Å². The van der Waals surface area contributed by atoms with Crippen LogP contribution in [0.3, 0.4) is 0 Å². The molecular formula is C20H31N7S. The van der Waals surface area contributed by atoms with Crippen LogP contribution in [0.2, 0.25) is 0 Å². The van der Waals surface area contributed by atoms with Crippen LogP contribution >= 0.6 is 11.3 Å². The van der Waals surface area contributed by atoms with Crippen LogP contribution < -0.4 is 10.6 Å². The van der Waals surface area contributed by atoms with Gasteiger partial charge in [-0.25, -0.2) is 4.99 Å². The molecule has 3 heterocycles. The number of hydrogen-bond acceptors (Lipinski definition) is 5. The van der Waals surface area contributed by atoms with E-state index >= 15 is 0 Å². The lowest BCUT2D eigenvalue weighted by Gasteiger charge is -2.24. The van der Waals surface area contributed by atoms with E-state index < -0.39 is 0 Å². The maximum absolute atomic E-state index is 4.81. The Labute approximate surface area is 171 Å². The molecule has 4 rings (SSSR count). The molecule has 7 nitrogen and oxygen atoms in total. The summed E-state index contributed by atoms with van der Waals surface area (Å²) in [4.78, 5) is 8.79. The summed E-state index contributed by atoms with van der Waals surface area (Å²) in [5.41, 5.74) is 0. The molecule has 2 N–H and O–H groups in total. The normalized spacial score (nSPS) is 21.5. The van der Waals surface area contributed by atoms with Gasteiger partial charge in [-0.05, 0) is 37.6 Å². The van der Waals surface area contributed by atoms with Crippen LogP contribution in [0.5, 0.6) is 0 Å². The third-order valence-electron chi connectivity index (χ3n) is 5.97. The van der Waals surface area contributed by atoms with Crippen molar-refractivity contribution in [1.29, 1.82) is 0 Å². The molecule has 2 aromatic rings. The minimum atomic E-state index is 0.455. The van der Waals surface area contributed by atoms with Gasteiger partial charge in [0.05, 0.1) is 6.54 Å². The highest BCUT2D eigenvalue weighted by Gasteiger charge is 2.30. The predicted octanol–water partition coefficient (Wildman–Crippen LogP) is 2.44. The Kier molecular flexibility index (Phi) is 6.26. The van der Waals surface area contributed by atoms with E-state index in [0.717, 1.165) is 36.7 Å². The summed E-state index contributed by atoms with van der Waals surface area (Å²) < 4.78 is 2.00. The maximum Gasteiger partial charge on any atom is 0.192 e. The fourth-order valence-electron chi connectivity index (χ4n) is 4.17. The van der Waals surface area contributed by atoms with Gasteiger partial charge in [-0.15, -0.1) is 21.5 Å². The van der Waals surface area contributed by atoms with Gasteiger partial charge in [-0.3, -0.25) is 4.90 Å². The van der Waals surface area contributed by atoms with Crippen molar-refractivity contribution in [2.75, 3.05) is 13.1 Å². The molecule has 1 aliphatic heterocycles. The Balaban J connectivity index is 1.38. The third-order valence-corrected chi connectivity index (χ3v) is 6.85. The number of hydrogen-bond donors (Lipinski definition) is 2. The SMILES string of the molecule is Cc1nnc(CN=C(NCc2cccs2)NC2CCN(C3CCCC3)C2)n1C. The number of nitrogens with zero attached hydrogens (tertiary/aromatic N) is 5. The number of guanidine groups is 1. The van der Waals surface area contributed by atoms with Crippen molar-refractivity contribution >= 4 is 17.3 Å². The van der Waals surface area contributed by atoms with Gasteiger partial charge in [0, 0.05) is 37.1 Å². The first-order chi connectivity index (χ1) is 13.7. The second kappa shape index (κ2) is 9.05. The standard InChI is InChI=1S/C20H31N7S/c1-15-24-25-19(26(15)2)13-22-20(21-12-18-8-5-11-28-18)23-16-9-10-27(14-16)17-6-3-4-7-17/h5,8,11,16-17H,3-4,6-7,9-10,12-14H2,1-2H3,(H2,21,22,23). The first-order valence-electron chi connectivity index (χ1n) is 10.3. The molecule has 1 saturated carbocycles. The van der Waals surface area contributed by atoms with Crippen molar-refractivity contribution in [2.45, 2.75) is 64.2 Å². The van der Waals surface area contributed by atoms with E-state index in [1.165, 1.54) is 43.5 Å². The number of aromatic nitrogens is 3. The molecule has 2 aromatic heterocycles. The van der Waals surface area contributed by atoms with Crippen molar-refractivity contribution in [1.82, 2.24) is 30.3 Å². The molecule has 0 spiro atoms. The number of nitrogens with one attached hydrogen (secondary N) is 2. The molecule has 8 heteroatoms. The van der Waals surface area contributed by atoms with Crippen LogP contribution in [0.4, 0.5) is 0 Å². The third kappa shape index (κ3) is 4.72. The molecule has 1 saturated heterocycles. The summed E-state index contributed by atoms with van der Waals surface area (Å²) in [7, 11) is 1.99. The molecule has 0 bridgehead atoms. The Hall–Kier alpha value is -1.93. The van der Waals surface area contributed by atoms with Crippen molar-refractivity contribution in [3.05, 3.63) is 34.0 Å². The van der Waals surface area contributed by atoms with Crippen molar-refractivity contribution in [3.8, 4) is 0 Å². The molecule has 152 valence electrons. The number of rotatable bonds is 6. The Morgan fingerprint density at radius 1 is 1.29 bits per heavy atom. The molecule has 1 atom stereocenters. The number of aliphatic imine (C=N–C) groups is 1. The van der Waals surface area contributed by atoms with Gasteiger partial charge >= 0.3 is 0 Å². The van der Waals surface area contributed by atoms with Gasteiger partial charge < -0.3 is 15.2 Å². The lowest BCUT2D eigenvalue weighted by molar-refractivity contribution is 0.242. The minimum absolute atomic E-state index is 0.455. The molecular weight excluding hydrogens is 370 g/mol. The quantitative estimate of drug-likeness (QED) is 0.575. The summed E-state index contributed by atoms with van der Waals surface area (Å²) in [6.45, 7) is 5.59. The van der Waals surface area contributed by atoms with Crippen molar-refractivity contribution < 1.29 is 0 Å². The van der Waals surface area contributed by atoms with Crippen LogP contribution in [0.15, 0.2) is 22.5 Å². The Morgan fingerprint density at radius 2 is 2.14 bits per heavy atom. The maximum atomic E-state index is 4.81. The summed E-state index contributed by atoms with van der Waals surface area (Å²) in [5, 5.41) is 17.7. The number of thiophene rings is 1. The summed E-state index contributed by atoms with van der Waals surface area (Å²) in [5.74, 6) is 2.66. The zero-order chi connectivity index (χ0) is 19.3.